The van der Waals surface area contributed by atoms with E-state index in [0.29, 0.717) is 5.56 Å². The van der Waals surface area contributed by atoms with E-state index in [1.54, 1.807) is 17.5 Å². The van der Waals surface area contributed by atoms with Crippen LogP contribution >= 0.6 is 11.3 Å². The molecule has 0 saturated carbocycles. The van der Waals surface area contributed by atoms with Crippen LogP contribution in [0.25, 0.3) is 11.3 Å². The first-order valence-corrected chi connectivity index (χ1v) is 9.47. The van der Waals surface area contributed by atoms with Crippen LogP contribution < -0.4 is 5.32 Å². The second kappa shape index (κ2) is 7.93. The van der Waals surface area contributed by atoms with E-state index >= 15 is 0 Å². The molecule has 4 nitrogen and oxygen atoms in total. The van der Waals surface area contributed by atoms with Crippen LogP contribution in [0.2, 0.25) is 0 Å². The smallest absolute Gasteiger partial charge is 0.255 e. The van der Waals surface area contributed by atoms with Gasteiger partial charge in [-0.05, 0) is 36.4 Å². The summed E-state index contributed by atoms with van der Waals surface area (Å²) in [7, 11) is 0. The minimum absolute atomic E-state index is 0.123. The number of anilines is 1. The zero-order valence-corrected chi connectivity index (χ0v) is 15.3. The van der Waals surface area contributed by atoms with Gasteiger partial charge in [0, 0.05) is 40.5 Å². The SMILES string of the molecule is O=C(Nc1ccccc1)c1ccc(-c2csc(Cc3ccccn3)n2)cc1. The lowest BCUT2D eigenvalue weighted by atomic mass is 10.1. The summed E-state index contributed by atoms with van der Waals surface area (Å²) in [4.78, 5) is 21.4. The van der Waals surface area contributed by atoms with Crippen molar-refractivity contribution >= 4 is 22.9 Å². The van der Waals surface area contributed by atoms with Crippen LogP contribution in [0.1, 0.15) is 21.1 Å². The zero-order chi connectivity index (χ0) is 18.5. The number of nitrogens with one attached hydrogen (secondary N) is 1. The van der Waals surface area contributed by atoms with Crippen molar-refractivity contribution < 1.29 is 4.79 Å². The first-order valence-electron chi connectivity index (χ1n) is 8.59. The average Bonchev–Trinajstić information content (AvgIpc) is 3.18. The molecule has 4 rings (SSSR count). The van der Waals surface area contributed by atoms with Gasteiger partial charge < -0.3 is 5.32 Å². The van der Waals surface area contributed by atoms with Gasteiger partial charge in [-0.3, -0.25) is 9.78 Å². The number of pyridine rings is 1. The lowest BCUT2D eigenvalue weighted by Gasteiger charge is -2.05. The first kappa shape index (κ1) is 17.1. The molecule has 27 heavy (non-hydrogen) atoms. The lowest BCUT2D eigenvalue weighted by Crippen LogP contribution is -2.11. The number of aromatic nitrogens is 2. The van der Waals surface area contributed by atoms with Crippen LogP contribution in [-0.2, 0) is 6.42 Å². The Morgan fingerprint density at radius 3 is 2.44 bits per heavy atom. The number of hydrogen-bond acceptors (Lipinski definition) is 4. The van der Waals surface area contributed by atoms with Crippen molar-refractivity contribution in [3.05, 3.63) is 101 Å². The van der Waals surface area contributed by atoms with E-state index in [-0.39, 0.29) is 5.91 Å². The fraction of sp³-hybridized carbons (Fsp3) is 0.0455. The van der Waals surface area contributed by atoms with Crippen LogP contribution in [0, 0.1) is 0 Å². The molecular weight excluding hydrogens is 354 g/mol. The number of amides is 1. The number of carbonyl (C=O) groups excluding carboxylic acids is 1. The highest BCUT2D eigenvalue weighted by atomic mass is 32.1. The van der Waals surface area contributed by atoms with Crippen molar-refractivity contribution in [3.8, 4) is 11.3 Å². The lowest BCUT2D eigenvalue weighted by molar-refractivity contribution is 0.102. The van der Waals surface area contributed by atoms with E-state index in [4.69, 9.17) is 4.98 Å². The Morgan fingerprint density at radius 1 is 0.926 bits per heavy atom. The molecule has 0 aliphatic rings. The van der Waals surface area contributed by atoms with Gasteiger partial charge in [0.05, 0.1) is 10.7 Å². The third-order valence-corrected chi connectivity index (χ3v) is 4.93. The number of carbonyl (C=O) groups is 1. The molecule has 1 N–H and O–H groups in total. The molecule has 0 radical (unpaired) electrons. The summed E-state index contributed by atoms with van der Waals surface area (Å²) in [5.74, 6) is -0.123. The second-order valence-electron chi connectivity index (χ2n) is 6.02. The third kappa shape index (κ3) is 4.27. The molecule has 2 aromatic carbocycles. The standard InChI is InChI=1S/C22H17N3OS/c26-22(24-18-6-2-1-3-7-18)17-11-9-16(10-12-17)20-15-27-21(25-20)14-19-8-4-5-13-23-19/h1-13,15H,14H2,(H,24,26). The van der Waals surface area contributed by atoms with Crippen LogP contribution in [0.15, 0.2) is 84.4 Å². The zero-order valence-electron chi connectivity index (χ0n) is 14.5. The van der Waals surface area contributed by atoms with Crippen LogP contribution in [-0.4, -0.2) is 15.9 Å². The summed E-state index contributed by atoms with van der Waals surface area (Å²) in [6.07, 6.45) is 2.52. The summed E-state index contributed by atoms with van der Waals surface area (Å²) >= 11 is 1.62. The van der Waals surface area contributed by atoms with E-state index in [9.17, 15) is 4.79 Å². The van der Waals surface area contributed by atoms with E-state index in [1.165, 1.54) is 0 Å². The Hall–Kier alpha value is -3.31. The molecule has 4 aromatic rings. The molecule has 0 aliphatic heterocycles. The molecule has 0 spiro atoms. The Kier molecular flexibility index (Phi) is 5.03. The molecular formula is C22H17N3OS. The van der Waals surface area contributed by atoms with Crippen molar-refractivity contribution in [2.45, 2.75) is 6.42 Å². The number of thiazole rings is 1. The van der Waals surface area contributed by atoms with Crippen molar-refractivity contribution in [1.29, 1.82) is 0 Å². The second-order valence-corrected chi connectivity index (χ2v) is 6.96. The van der Waals surface area contributed by atoms with Gasteiger partial charge >= 0.3 is 0 Å². The quantitative estimate of drug-likeness (QED) is 0.534. The number of hydrogen-bond donors (Lipinski definition) is 1. The fourth-order valence-corrected chi connectivity index (χ4v) is 3.52. The predicted octanol–water partition coefficient (Wildman–Crippen LogP) is 5.05. The molecule has 0 bridgehead atoms. The highest BCUT2D eigenvalue weighted by Gasteiger charge is 2.09. The Bertz CT molecular complexity index is 1030. The van der Waals surface area contributed by atoms with Gasteiger partial charge in [-0.2, -0.15) is 0 Å². The molecule has 0 unspecified atom stereocenters. The fourth-order valence-electron chi connectivity index (χ4n) is 2.70. The monoisotopic (exact) mass is 371 g/mol. The predicted molar refractivity (Wildman–Crippen MR) is 109 cm³/mol. The normalized spacial score (nSPS) is 10.5. The maximum atomic E-state index is 12.3. The maximum absolute atomic E-state index is 12.3. The summed E-state index contributed by atoms with van der Waals surface area (Å²) in [5, 5.41) is 5.95. The van der Waals surface area contributed by atoms with E-state index < -0.39 is 0 Å². The van der Waals surface area contributed by atoms with Gasteiger partial charge in [-0.25, -0.2) is 4.98 Å². The number of para-hydroxylation sites is 1. The van der Waals surface area contributed by atoms with Crippen LogP contribution in [0.3, 0.4) is 0 Å². The van der Waals surface area contributed by atoms with Crippen molar-refractivity contribution in [1.82, 2.24) is 9.97 Å². The van der Waals surface area contributed by atoms with E-state index in [1.807, 2.05) is 78.2 Å². The summed E-state index contributed by atoms with van der Waals surface area (Å²) in [5.41, 5.74) is 4.32. The van der Waals surface area contributed by atoms with Gasteiger partial charge in [-0.1, -0.05) is 36.4 Å². The van der Waals surface area contributed by atoms with Crippen LogP contribution in [0.4, 0.5) is 5.69 Å². The minimum Gasteiger partial charge on any atom is -0.322 e. The third-order valence-electron chi connectivity index (χ3n) is 4.08. The van der Waals surface area contributed by atoms with Gasteiger partial charge in [0.2, 0.25) is 0 Å². The van der Waals surface area contributed by atoms with Crippen LogP contribution in [0.5, 0.6) is 0 Å². The molecule has 0 aliphatic carbocycles. The van der Waals surface area contributed by atoms with Crippen molar-refractivity contribution in [3.63, 3.8) is 0 Å². The first-order chi connectivity index (χ1) is 13.3. The van der Waals surface area contributed by atoms with Crippen molar-refractivity contribution in [2.75, 3.05) is 5.32 Å². The van der Waals surface area contributed by atoms with Gasteiger partial charge in [0.25, 0.3) is 5.91 Å². The largest absolute Gasteiger partial charge is 0.322 e. The highest BCUT2D eigenvalue weighted by Crippen LogP contribution is 2.24. The Morgan fingerprint density at radius 2 is 1.70 bits per heavy atom. The number of nitrogens with zero attached hydrogens (tertiary/aromatic N) is 2. The summed E-state index contributed by atoms with van der Waals surface area (Å²) in [6.45, 7) is 0. The molecule has 5 heteroatoms. The molecule has 0 saturated heterocycles. The van der Waals surface area contributed by atoms with Gasteiger partial charge in [0.15, 0.2) is 0 Å². The van der Waals surface area contributed by atoms with Crippen molar-refractivity contribution in [2.24, 2.45) is 0 Å². The Labute approximate surface area is 161 Å². The summed E-state index contributed by atoms with van der Waals surface area (Å²) < 4.78 is 0. The summed E-state index contributed by atoms with van der Waals surface area (Å²) in [6, 6.07) is 22.8. The molecule has 132 valence electrons. The number of rotatable bonds is 5. The molecule has 1 amide bonds. The molecule has 2 aromatic heterocycles. The van der Waals surface area contributed by atoms with Gasteiger partial charge in [-0.15, -0.1) is 11.3 Å². The van der Waals surface area contributed by atoms with E-state index in [2.05, 4.69) is 10.3 Å². The molecule has 0 atom stereocenters. The average molecular weight is 371 g/mol. The molecule has 2 heterocycles. The maximum Gasteiger partial charge on any atom is 0.255 e. The topological polar surface area (TPSA) is 54.9 Å². The van der Waals surface area contributed by atoms with Gasteiger partial charge in [0.1, 0.15) is 0 Å². The number of benzene rings is 2. The van der Waals surface area contributed by atoms with E-state index in [0.717, 1.165) is 34.1 Å². The molecule has 0 fully saturated rings. The Balaban J connectivity index is 1.45. The highest BCUT2D eigenvalue weighted by molar-refractivity contribution is 7.10. The minimum atomic E-state index is -0.123.